The monoisotopic (exact) mass is 305 g/mol. The van der Waals surface area contributed by atoms with Crippen LogP contribution in [0.4, 0.5) is 10.5 Å². The fraction of sp³-hybridized carbons (Fsp3) is 0.500. The number of hydrogen-bond donors (Lipinski definition) is 1. The van der Waals surface area contributed by atoms with Gasteiger partial charge in [0.1, 0.15) is 0 Å². The van der Waals surface area contributed by atoms with Crippen LogP contribution in [-0.2, 0) is 4.74 Å². The standard InChI is InChI=1S/C16H23N3O3/c1-18(2)14-6-4-12(5-7-14)15(20)19-10-8-13(9-11-19)17-16(21)22-3/h4-7,13H,8-11H2,1-3H3,(H,17,21). The zero-order chi connectivity index (χ0) is 16.1. The molecule has 0 aromatic heterocycles. The van der Waals surface area contributed by atoms with Crippen LogP contribution >= 0.6 is 0 Å². The summed E-state index contributed by atoms with van der Waals surface area (Å²) >= 11 is 0. The molecular formula is C16H23N3O3. The number of rotatable bonds is 3. The number of anilines is 1. The number of alkyl carbamates (subject to hydrolysis) is 1. The summed E-state index contributed by atoms with van der Waals surface area (Å²) in [7, 11) is 5.29. The van der Waals surface area contributed by atoms with Crippen molar-refractivity contribution in [1.29, 1.82) is 0 Å². The van der Waals surface area contributed by atoms with Gasteiger partial charge in [-0.2, -0.15) is 0 Å². The Morgan fingerprint density at radius 3 is 2.27 bits per heavy atom. The predicted molar refractivity (Wildman–Crippen MR) is 85.2 cm³/mol. The molecule has 2 rings (SSSR count). The van der Waals surface area contributed by atoms with Gasteiger partial charge in [-0.15, -0.1) is 0 Å². The molecule has 1 aliphatic rings. The van der Waals surface area contributed by atoms with Crippen LogP contribution in [0.25, 0.3) is 0 Å². The summed E-state index contributed by atoms with van der Waals surface area (Å²) in [5, 5.41) is 2.78. The summed E-state index contributed by atoms with van der Waals surface area (Å²) in [5.74, 6) is 0.0434. The second-order valence-electron chi connectivity index (χ2n) is 5.64. The van der Waals surface area contributed by atoms with Crippen LogP contribution in [-0.4, -0.2) is 57.2 Å². The molecule has 2 amide bonds. The first kappa shape index (κ1) is 16.1. The first-order valence-corrected chi connectivity index (χ1v) is 7.42. The molecule has 6 heteroatoms. The summed E-state index contributed by atoms with van der Waals surface area (Å²) in [6.45, 7) is 1.28. The molecule has 1 aromatic rings. The van der Waals surface area contributed by atoms with Crippen LogP contribution in [0.5, 0.6) is 0 Å². The molecule has 1 N–H and O–H groups in total. The Bertz CT molecular complexity index is 520. The molecule has 1 heterocycles. The first-order valence-electron chi connectivity index (χ1n) is 7.42. The molecule has 0 aliphatic carbocycles. The highest BCUT2D eigenvalue weighted by molar-refractivity contribution is 5.94. The minimum absolute atomic E-state index is 0.0434. The van der Waals surface area contributed by atoms with E-state index in [1.165, 1.54) is 7.11 Å². The van der Waals surface area contributed by atoms with E-state index in [1.54, 1.807) is 0 Å². The third kappa shape index (κ3) is 3.90. The third-order valence-corrected chi connectivity index (χ3v) is 3.92. The summed E-state index contributed by atoms with van der Waals surface area (Å²) in [6, 6.07) is 7.68. The van der Waals surface area contributed by atoms with Crippen LogP contribution in [0.1, 0.15) is 23.2 Å². The van der Waals surface area contributed by atoms with Gasteiger partial charge in [0, 0.05) is 44.5 Å². The number of nitrogens with zero attached hydrogens (tertiary/aromatic N) is 2. The van der Waals surface area contributed by atoms with Crippen LogP contribution < -0.4 is 10.2 Å². The molecular weight excluding hydrogens is 282 g/mol. The second kappa shape index (κ2) is 7.15. The number of amides is 2. The number of benzene rings is 1. The van der Waals surface area contributed by atoms with Crippen molar-refractivity contribution >= 4 is 17.7 Å². The number of methoxy groups -OCH3 is 1. The van der Waals surface area contributed by atoms with Gasteiger partial charge in [-0.3, -0.25) is 4.79 Å². The molecule has 0 unspecified atom stereocenters. The lowest BCUT2D eigenvalue weighted by atomic mass is 10.0. The molecule has 0 spiro atoms. The number of piperidine rings is 1. The number of hydrogen-bond acceptors (Lipinski definition) is 4. The zero-order valence-corrected chi connectivity index (χ0v) is 13.3. The maximum absolute atomic E-state index is 12.5. The van der Waals surface area contributed by atoms with Gasteiger partial charge < -0.3 is 19.9 Å². The summed E-state index contributed by atoms with van der Waals surface area (Å²) < 4.78 is 4.59. The van der Waals surface area contributed by atoms with Crippen LogP contribution in [0.3, 0.4) is 0 Å². The number of carbonyl (C=O) groups excluding carboxylic acids is 2. The van der Waals surface area contributed by atoms with E-state index >= 15 is 0 Å². The molecule has 1 aromatic carbocycles. The second-order valence-corrected chi connectivity index (χ2v) is 5.64. The van der Waals surface area contributed by atoms with Gasteiger partial charge in [0.15, 0.2) is 0 Å². The molecule has 0 saturated carbocycles. The van der Waals surface area contributed by atoms with Crippen molar-refractivity contribution in [3.05, 3.63) is 29.8 Å². The Morgan fingerprint density at radius 2 is 1.77 bits per heavy atom. The van der Waals surface area contributed by atoms with Crippen LogP contribution in [0.2, 0.25) is 0 Å². The fourth-order valence-corrected chi connectivity index (χ4v) is 2.54. The quantitative estimate of drug-likeness (QED) is 0.923. The van der Waals surface area contributed by atoms with E-state index in [0.29, 0.717) is 18.7 Å². The van der Waals surface area contributed by atoms with Gasteiger partial charge in [-0.05, 0) is 37.1 Å². The average Bonchev–Trinajstić information content (AvgIpc) is 2.55. The number of carbonyl (C=O) groups is 2. The largest absolute Gasteiger partial charge is 0.453 e. The van der Waals surface area contributed by atoms with Gasteiger partial charge in [-0.25, -0.2) is 4.79 Å². The van der Waals surface area contributed by atoms with Gasteiger partial charge in [-0.1, -0.05) is 0 Å². The average molecular weight is 305 g/mol. The molecule has 1 saturated heterocycles. The van der Waals surface area contributed by atoms with E-state index < -0.39 is 6.09 Å². The molecule has 0 bridgehead atoms. The molecule has 1 aliphatic heterocycles. The lowest BCUT2D eigenvalue weighted by Gasteiger charge is -2.32. The molecule has 1 fully saturated rings. The maximum Gasteiger partial charge on any atom is 0.407 e. The summed E-state index contributed by atoms with van der Waals surface area (Å²) in [6.07, 6.45) is 1.08. The van der Waals surface area contributed by atoms with E-state index in [1.807, 2.05) is 48.2 Å². The Morgan fingerprint density at radius 1 is 1.18 bits per heavy atom. The van der Waals surface area contributed by atoms with Gasteiger partial charge in [0.2, 0.25) is 0 Å². The smallest absolute Gasteiger partial charge is 0.407 e. The highest BCUT2D eigenvalue weighted by atomic mass is 16.5. The molecule has 0 atom stereocenters. The summed E-state index contributed by atoms with van der Waals surface area (Å²) in [5.41, 5.74) is 1.77. The van der Waals surface area contributed by atoms with Crippen molar-refractivity contribution < 1.29 is 14.3 Å². The first-order chi connectivity index (χ1) is 10.5. The zero-order valence-electron chi connectivity index (χ0n) is 13.3. The lowest BCUT2D eigenvalue weighted by molar-refractivity contribution is 0.0704. The van der Waals surface area contributed by atoms with Crippen molar-refractivity contribution in [2.75, 3.05) is 39.2 Å². The van der Waals surface area contributed by atoms with E-state index in [2.05, 4.69) is 10.1 Å². The Labute approximate surface area is 131 Å². The van der Waals surface area contributed by atoms with Crippen LogP contribution in [0.15, 0.2) is 24.3 Å². The molecule has 6 nitrogen and oxygen atoms in total. The molecule has 22 heavy (non-hydrogen) atoms. The Kier molecular flexibility index (Phi) is 5.25. The van der Waals surface area contributed by atoms with Crippen LogP contribution in [0, 0.1) is 0 Å². The third-order valence-electron chi connectivity index (χ3n) is 3.92. The fourth-order valence-electron chi connectivity index (χ4n) is 2.54. The van der Waals surface area contributed by atoms with Crippen molar-refractivity contribution in [2.45, 2.75) is 18.9 Å². The molecule has 120 valence electrons. The normalized spacial score (nSPS) is 15.3. The maximum atomic E-state index is 12.5. The summed E-state index contributed by atoms with van der Waals surface area (Å²) in [4.78, 5) is 27.5. The van der Waals surface area contributed by atoms with E-state index in [-0.39, 0.29) is 11.9 Å². The van der Waals surface area contributed by atoms with Gasteiger partial charge in [0.05, 0.1) is 7.11 Å². The minimum atomic E-state index is -0.413. The Balaban J connectivity index is 1.90. The number of ether oxygens (including phenoxy) is 1. The van der Waals surface area contributed by atoms with Crippen molar-refractivity contribution in [1.82, 2.24) is 10.2 Å². The highest BCUT2D eigenvalue weighted by Crippen LogP contribution is 2.17. The van der Waals surface area contributed by atoms with Gasteiger partial charge >= 0.3 is 6.09 Å². The molecule has 0 radical (unpaired) electrons. The number of nitrogens with one attached hydrogen (secondary N) is 1. The lowest BCUT2D eigenvalue weighted by Crippen LogP contribution is -2.46. The SMILES string of the molecule is COC(=O)NC1CCN(C(=O)c2ccc(N(C)C)cc2)CC1. The predicted octanol–water partition coefficient (Wildman–Crippen LogP) is 1.71. The number of likely N-dealkylation sites (tertiary alicyclic amines) is 1. The van der Waals surface area contributed by atoms with Crippen molar-refractivity contribution in [3.63, 3.8) is 0 Å². The van der Waals surface area contributed by atoms with E-state index in [0.717, 1.165) is 18.5 Å². The topological polar surface area (TPSA) is 61.9 Å². The Hall–Kier alpha value is -2.24. The van der Waals surface area contributed by atoms with E-state index in [9.17, 15) is 9.59 Å². The highest BCUT2D eigenvalue weighted by Gasteiger charge is 2.24. The van der Waals surface area contributed by atoms with Crippen molar-refractivity contribution in [2.24, 2.45) is 0 Å². The van der Waals surface area contributed by atoms with Crippen molar-refractivity contribution in [3.8, 4) is 0 Å². The van der Waals surface area contributed by atoms with Gasteiger partial charge in [0.25, 0.3) is 5.91 Å². The minimum Gasteiger partial charge on any atom is -0.453 e. The van der Waals surface area contributed by atoms with E-state index in [4.69, 9.17) is 0 Å².